The number of hydrogen-bond acceptors (Lipinski definition) is 3. The molecule has 0 amide bonds. The monoisotopic (exact) mass is 173 g/mol. The number of carboxylic acid groups (broad SMARTS) is 1. The van der Waals surface area contributed by atoms with E-state index in [0.29, 0.717) is 12.5 Å². The van der Waals surface area contributed by atoms with Gasteiger partial charge in [0.1, 0.15) is 0 Å². The average molecular weight is 173 g/mol. The summed E-state index contributed by atoms with van der Waals surface area (Å²) in [5.74, 6) is -0.125. The third kappa shape index (κ3) is 2.19. The van der Waals surface area contributed by atoms with E-state index >= 15 is 0 Å². The van der Waals surface area contributed by atoms with Crippen LogP contribution in [0.1, 0.15) is 6.92 Å². The first kappa shape index (κ1) is 9.48. The molecule has 1 aliphatic rings. The van der Waals surface area contributed by atoms with Crippen LogP contribution in [0.15, 0.2) is 0 Å². The van der Waals surface area contributed by atoms with E-state index in [1.54, 1.807) is 0 Å². The Morgan fingerprint density at radius 3 is 2.67 bits per heavy atom. The first-order valence-corrected chi connectivity index (χ1v) is 4.18. The molecule has 0 aromatic heterocycles. The Labute approximate surface area is 71.8 Å². The van der Waals surface area contributed by atoms with Crippen molar-refractivity contribution >= 4 is 5.97 Å². The summed E-state index contributed by atoms with van der Waals surface area (Å²) in [6, 6.07) is 0. The quantitative estimate of drug-likeness (QED) is 0.611. The van der Waals surface area contributed by atoms with Crippen LogP contribution in [0.2, 0.25) is 0 Å². The molecule has 1 aliphatic heterocycles. The van der Waals surface area contributed by atoms with E-state index in [2.05, 4.69) is 0 Å². The molecule has 4 nitrogen and oxygen atoms in total. The van der Waals surface area contributed by atoms with Crippen LogP contribution in [-0.4, -0.2) is 47.3 Å². The van der Waals surface area contributed by atoms with Gasteiger partial charge in [-0.1, -0.05) is 6.92 Å². The fourth-order valence-corrected chi connectivity index (χ4v) is 1.70. The number of aliphatic carboxylic acids is 1. The van der Waals surface area contributed by atoms with Crippen LogP contribution in [0.5, 0.6) is 0 Å². The normalized spacial score (nSPS) is 30.8. The fourth-order valence-electron chi connectivity index (χ4n) is 1.70. The molecule has 0 unspecified atom stereocenters. The zero-order valence-corrected chi connectivity index (χ0v) is 7.23. The van der Waals surface area contributed by atoms with Crippen molar-refractivity contribution in [2.45, 2.75) is 6.92 Å². The van der Waals surface area contributed by atoms with Crippen LogP contribution in [0.25, 0.3) is 0 Å². The van der Waals surface area contributed by atoms with Crippen molar-refractivity contribution < 1.29 is 15.0 Å². The van der Waals surface area contributed by atoms with E-state index in [1.165, 1.54) is 0 Å². The van der Waals surface area contributed by atoms with E-state index in [1.807, 2.05) is 11.8 Å². The number of carbonyl (C=O) groups is 1. The summed E-state index contributed by atoms with van der Waals surface area (Å²) >= 11 is 0. The number of aliphatic hydroxyl groups is 1. The van der Waals surface area contributed by atoms with Crippen LogP contribution in [0.3, 0.4) is 0 Å². The highest BCUT2D eigenvalue weighted by molar-refractivity contribution is 5.69. The molecule has 0 bridgehead atoms. The largest absolute Gasteiger partial charge is 0.480 e. The van der Waals surface area contributed by atoms with Gasteiger partial charge in [-0.2, -0.15) is 0 Å². The van der Waals surface area contributed by atoms with Crippen molar-refractivity contribution in [1.82, 2.24) is 4.90 Å². The molecule has 0 saturated carbocycles. The lowest BCUT2D eigenvalue weighted by Gasteiger charge is -2.11. The molecular formula is C8H15NO3. The van der Waals surface area contributed by atoms with Gasteiger partial charge in [0.25, 0.3) is 0 Å². The van der Waals surface area contributed by atoms with E-state index in [0.717, 1.165) is 6.54 Å². The first-order chi connectivity index (χ1) is 5.63. The van der Waals surface area contributed by atoms with Gasteiger partial charge in [-0.05, 0) is 11.8 Å². The zero-order chi connectivity index (χ0) is 9.14. The Morgan fingerprint density at radius 2 is 2.25 bits per heavy atom. The predicted octanol–water partition coefficient (Wildman–Crippen LogP) is -0.369. The van der Waals surface area contributed by atoms with Crippen molar-refractivity contribution in [3.63, 3.8) is 0 Å². The van der Waals surface area contributed by atoms with Crippen LogP contribution in [0, 0.1) is 11.8 Å². The fraction of sp³-hybridized carbons (Fsp3) is 0.875. The lowest BCUT2D eigenvalue weighted by Crippen LogP contribution is -2.27. The van der Waals surface area contributed by atoms with Crippen LogP contribution < -0.4 is 0 Å². The molecule has 0 aromatic rings. The molecule has 2 N–H and O–H groups in total. The standard InChI is InChI=1S/C8H15NO3/c1-6-2-9(4-8(11)12)3-7(6)5-10/h6-7,10H,2-5H2,1H3,(H,11,12)/t6-,7+/m1/s1. The maximum absolute atomic E-state index is 10.4. The van der Waals surface area contributed by atoms with Crippen molar-refractivity contribution in [3.8, 4) is 0 Å². The molecule has 0 spiro atoms. The van der Waals surface area contributed by atoms with Gasteiger partial charge in [-0.25, -0.2) is 0 Å². The minimum Gasteiger partial charge on any atom is -0.480 e. The summed E-state index contributed by atoms with van der Waals surface area (Å²) in [7, 11) is 0. The number of carboxylic acids is 1. The molecule has 2 atom stereocenters. The molecule has 1 saturated heterocycles. The Kier molecular flexibility index (Phi) is 3.05. The molecule has 1 fully saturated rings. The molecular weight excluding hydrogens is 158 g/mol. The minimum atomic E-state index is -0.791. The summed E-state index contributed by atoms with van der Waals surface area (Å²) in [4.78, 5) is 12.2. The molecule has 0 aromatic carbocycles. The van der Waals surface area contributed by atoms with Gasteiger partial charge < -0.3 is 10.2 Å². The van der Waals surface area contributed by atoms with Gasteiger partial charge >= 0.3 is 5.97 Å². The molecule has 70 valence electrons. The van der Waals surface area contributed by atoms with Crippen LogP contribution in [-0.2, 0) is 4.79 Å². The second kappa shape index (κ2) is 3.87. The Morgan fingerprint density at radius 1 is 1.58 bits per heavy atom. The molecule has 1 heterocycles. The summed E-state index contributed by atoms with van der Waals surface area (Å²) in [5, 5.41) is 17.4. The number of rotatable bonds is 3. The topological polar surface area (TPSA) is 60.8 Å². The highest BCUT2D eigenvalue weighted by Crippen LogP contribution is 2.21. The number of nitrogens with zero attached hydrogens (tertiary/aromatic N) is 1. The van der Waals surface area contributed by atoms with Gasteiger partial charge in [0.2, 0.25) is 0 Å². The molecule has 12 heavy (non-hydrogen) atoms. The lowest BCUT2D eigenvalue weighted by molar-refractivity contribution is -0.138. The Hall–Kier alpha value is -0.610. The van der Waals surface area contributed by atoms with Gasteiger partial charge in [-0.15, -0.1) is 0 Å². The van der Waals surface area contributed by atoms with Crippen molar-refractivity contribution in [3.05, 3.63) is 0 Å². The molecule has 0 aliphatic carbocycles. The molecule has 1 rings (SSSR count). The van der Waals surface area contributed by atoms with E-state index < -0.39 is 5.97 Å². The van der Waals surface area contributed by atoms with Gasteiger partial charge in [0, 0.05) is 19.7 Å². The van der Waals surface area contributed by atoms with Gasteiger partial charge in [0.15, 0.2) is 0 Å². The summed E-state index contributed by atoms with van der Waals surface area (Å²) in [5.41, 5.74) is 0. The summed E-state index contributed by atoms with van der Waals surface area (Å²) < 4.78 is 0. The number of likely N-dealkylation sites (tertiary alicyclic amines) is 1. The van der Waals surface area contributed by atoms with Crippen molar-refractivity contribution in [2.75, 3.05) is 26.2 Å². The highest BCUT2D eigenvalue weighted by atomic mass is 16.4. The third-order valence-corrected chi connectivity index (χ3v) is 2.44. The molecule has 4 heteroatoms. The number of aliphatic hydroxyl groups excluding tert-OH is 1. The van der Waals surface area contributed by atoms with Crippen LogP contribution in [0.4, 0.5) is 0 Å². The third-order valence-electron chi connectivity index (χ3n) is 2.44. The van der Waals surface area contributed by atoms with Gasteiger partial charge in [-0.3, -0.25) is 9.69 Å². The van der Waals surface area contributed by atoms with E-state index in [4.69, 9.17) is 10.2 Å². The smallest absolute Gasteiger partial charge is 0.317 e. The minimum absolute atomic E-state index is 0.0981. The summed E-state index contributed by atoms with van der Waals surface area (Å²) in [6.45, 7) is 3.81. The zero-order valence-electron chi connectivity index (χ0n) is 7.23. The highest BCUT2D eigenvalue weighted by Gasteiger charge is 2.29. The number of hydrogen-bond donors (Lipinski definition) is 2. The Bertz CT molecular complexity index is 172. The second-order valence-corrected chi connectivity index (χ2v) is 3.51. The van der Waals surface area contributed by atoms with E-state index in [-0.39, 0.29) is 19.1 Å². The average Bonchev–Trinajstić information content (AvgIpc) is 2.29. The molecule has 0 radical (unpaired) electrons. The predicted molar refractivity (Wildman–Crippen MR) is 43.8 cm³/mol. The lowest BCUT2D eigenvalue weighted by atomic mass is 10.00. The SMILES string of the molecule is C[C@@H]1CN(CC(=O)O)C[C@H]1CO. The van der Waals surface area contributed by atoms with Gasteiger partial charge in [0.05, 0.1) is 6.54 Å². The maximum Gasteiger partial charge on any atom is 0.317 e. The van der Waals surface area contributed by atoms with Crippen LogP contribution >= 0.6 is 0 Å². The Balaban J connectivity index is 2.37. The second-order valence-electron chi connectivity index (χ2n) is 3.51. The van der Waals surface area contributed by atoms with Crippen molar-refractivity contribution in [2.24, 2.45) is 11.8 Å². The van der Waals surface area contributed by atoms with E-state index in [9.17, 15) is 4.79 Å². The first-order valence-electron chi connectivity index (χ1n) is 4.18. The summed E-state index contributed by atoms with van der Waals surface area (Å²) in [6.07, 6.45) is 0. The maximum atomic E-state index is 10.4. The van der Waals surface area contributed by atoms with Crippen molar-refractivity contribution in [1.29, 1.82) is 0 Å².